The summed E-state index contributed by atoms with van der Waals surface area (Å²) in [6, 6.07) is 5.52. The molecule has 1 unspecified atom stereocenters. The number of aliphatic imine (C=N–C) groups is 1. The molecule has 0 saturated carbocycles. The second-order valence-corrected chi connectivity index (χ2v) is 6.98. The fraction of sp³-hybridized carbons (Fsp3) is 0.619. The van der Waals surface area contributed by atoms with Crippen LogP contribution in [0.5, 0.6) is 0 Å². The lowest BCUT2D eigenvalue weighted by Gasteiger charge is -2.22. The number of amides is 1. The molecular formula is C21H34FN5O. The second kappa shape index (κ2) is 10.9. The van der Waals surface area contributed by atoms with Gasteiger partial charge in [0.05, 0.1) is 12.2 Å². The zero-order chi connectivity index (χ0) is 20.5. The quantitative estimate of drug-likeness (QED) is 0.528. The Morgan fingerprint density at radius 2 is 2.04 bits per heavy atom. The molecule has 0 spiro atoms. The lowest BCUT2D eigenvalue weighted by Crippen LogP contribution is -2.45. The number of hydrogen-bond donors (Lipinski definition) is 2. The zero-order valence-electron chi connectivity index (χ0n) is 17.6. The Bertz CT molecular complexity index is 675. The Hall–Kier alpha value is -2.31. The molecule has 0 aliphatic carbocycles. The van der Waals surface area contributed by atoms with Crippen LogP contribution in [0.1, 0.15) is 46.1 Å². The summed E-state index contributed by atoms with van der Waals surface area (Å²) in [7, 11) is 0. The summed E-state index contributed by atoms with van der Waals surface area (Å²) >= 11 is 0. The Kier molecular flexibility index (Phi) is 8.54. The summed E-state index contributed by atoms with van der Waals surface area (Å²) < 4.78 is 14.5. The number of carbonyl (C=O) groups is 1. The summed E-state index contributed by atoms with van der Waals surface area (Å²) in [5, 5.41) is 6.64. The first-order valence-electron chi connectivity index (χ1n) is 10.4. The number of nitrogens with zero attached hydrogens (tertiary/aromatic N) is 3. The van der Waals surface area contributed by atoms with E-state index in [4.69, 9.17) is 0 Å². The van der Waals surface area contributed by atoms with Crippen LogP contribution in [0.25, 0.3) is 0 Å². The van der Waals surface area contributed by atoms with Crippen molar-refractivity contribution in [2.45, 2.75) is 53.1 Å². The number of anilines is 1. The molecule has 0 radical (unpaired) electrons. The van der Waals surface area contributed by atoms with E-state index >= 15 is 0 Å². The van der Waals surface area contributed by atoms with Gasteiger partial charge in [-0.05, 0) is 44.9 Å². The van der Waals surface area contributed by atoms with Crippen molar-refractivity contribution in [1.82, 2.24) is 15.5 Å². The number of carbonyl (C=O) groups excluding carboxylic acids is 1. The average molecular weight is 392 g/mol. The van der Waals surface area contributed by atoms with Gasteiger partial charge in [-0.25, -0.2) is 9.38 Å². The molecule has 1 aliphatic heterocycles. The van der Waals surface area contributed by atoms with Crippen molar-refractivity contribution < 1.29 is 9.18 Å². The van der Waals surface area contributed by atoms with Crippen LogP contribution in [0.3, 0.4) is 0 Å². The molecule has 2 rings (SSSR count). The molecule has 1 heterocycles. The number of likely N-dealkylation sites (tertiary alicyclic amines) is 1. The van der Waals surface area contributed by atoms with Crippen LogP contribution in [0.15, 0.2) is 23.2 Å². The molecule has 7 heteroatoms. The Morgan fingerprint density at radius 3 is 2.64 bits per heavy atom. The van der Waals surface area contributed by atoms with Crippen LogP contribution in [0.4, 0.5) is 10.1 Å². The maximum atomic E-state index is 14.5. The highest BCUT2D eigenvalue weighted by molar-refractivity contribution is 5.80. The first-order valence-corrected chi connectivity index (χ1v) is 10.4. The van der Waals surface area contributed by atoms with Crippen molar-refractivity contribution >= 4 is 17.6 Å². The minimum Gasteiger partial charge on any atom is -0.370 e. The van der Waals surface area contributed by atoms with E-state index in [0.29, 0.717) is 31.2 Å². The van der Waals surface area contributed by atoms with E-state index in [1.807, 2.05) is 49.6 Å². The van der Waals surface area contributed by atoms with E-state index in [-0.39, 0.29) is 17.8 Å². The van der Waals surface area contributed by atoms with E-state index in [2.05, 4.69) is 15.6 Å². The maximum Gasteiger partial charge on any atom is 0.222 e. The van der Waals surface area contributed by atoms with Gasteiger partial charge in [0.2, 0.25) is 5.91 Å². The van der Waals surface area contributed by atoms with Gasteiger partial charge in [-0.3, -0.25) is 4.79 Å². The molecular weight excluding hydrogens is 357 g/mol. The lowest BCUT2D eigenvalue weighted by molar-refractivity contribution is -0.129. The molecule has 1 aliphatic rings. The predicted octanol–water partition coefficient (Wildman–Crippen LogP) is 2.74. The fourth-order valence-corrected chi connectivity index (χ4v) is 3.48. The highest BCUT2D eigenvalue weighted by Gasteiger charge is 2.25. The van der Waals surface area contributed by atoms with Crippen molar-refractivity contribution in [1.29, 1.82) is 0 Å². The second-order valence-electron chi connectivity index (χ2n) is 6.98. The molecule has 6 nitrogen and oxygen atoms in total. The van der Waals surface area contributed by atoms with Crippen molar-refractivity contribution in [2.24, 2.45) is 4.99 Å². The largest absolute Gasteiger partial charge is 0.370 e. The van der Waals surface area contributed by atoms with Crippen molar-refractivity contribution in [3.63, 3.8) is 0 Å². The number of benzene rings is 1. The van der Waals surface area contributed by atoms with E-state index in [1.54, 1.807) is 6.07 Å². The molecule has 1 aromatic rings. The highest BCUT2D eigenvalue weighted by atomic mass is 19.1. The topological polar surface area (TPSA) is 60.0 Å². The first-order chi connectivity index (χ1) is 13.5. The molecule has 1 amide bonds. The van der Waals surface area contributed by atoms with Crippen LogP contribution in [-0.4, -0.2) is 55.5 Å². The Labute approximate surface area is 168 Å². The molecule has 1 saturated heterocycles. The van der Waals surface area contributed by atoms with Crippen LogP contribution >= 0.6 is 0 Å². The van der Waals surface area contributed by atoms with Gasteiger partial charge in [0, 0.05) is 45.2 Å². The number of nitrogens with one attached hydrogen (secondary N) is 2. The molecule has 1 aromatic carbocycles. The fourth-order valence-electron chi connectivity index (χ4n) is 3.48. The monoisotopic (exact) mass is 391 g/mol. The molecule has 0 bridgehead atoms. The molecule has 1 fully saturated rings. The number of halogens is 1. The normalized spacial score (nSPS) is 17.0. The predicted molar refractivity (Wildman–Crippen MR) is 113 cm³/mol. The third kappa shape index (κ3) is 5.84. The van der Waals surface area contributed by atoms with Gasteiger partial charge >= 0.3 is 0 Å². The summed E-state index contributed by atoms with van der Waals surface area (Å²) in [4.78, 5) is 20.3. The zero-order valence-corrected chi connectivity index (χ0v) is 17.6. The van der Waals surface area contributed by atoms with Gasteiger partial charge in [-0.1, -0.05) is 13.0 Å². The van der Waals surface area contributed by atoms with Crippen LogP contribution in [-0.2, 0) is 11.3 Å². The third-order valence-corrected chi connectivity index (χ3v) is 5.06. The minimum absolute atomic E-state index is 0.190. The van der Waals surface area contributed by atoms with Gasteiger partial charge in [0.15, 0.2) is 5.96 Å². The van der Waals surface area contributed by atoms with E-state index < -0.39 is 0 Å². The van der Waals surface area contributed by atoms with E-state index in [1.165, 1.54) is 0 Å². The molecule has 0 aromatic heterocycles. The van der Waals surface area contributed by atoms with Crippen molar-refractivity contribution in [2.75, 3.05) is 37.6 Å². The molecule has 28 heavy (non-hydrogen) atoms. The van der Waals surface area contributed by atoms with Crippen LogP contribution in [0.2, 0.25) is 0 Å². The number of hydrogen-bond acceptors (Lipinski definition) is 3. The Morgan fingerprint density at radius 1 is 1.29 bits per heavy atom. The van der Waals surface area contributed by atoms with Gasteiger partial charge in [-0.15, -0.1) is 0 Å². The summed E-state index contributed by atoms with van der Waals surface area (Å²) in [5.74, 6) is 0.681. The van der Waals surface area contributed by atoms with Crippen LogP contribution < -0.4 is 15.5 Å². The average Bonchev–Trinajstić information content (AvgIpc) is 3.16. The summed E-state index contributed by atoms with van der Waals surface area (Å²) in [6.07, 6.45) is 1.44. The highest BCUT2D eigenvalue weighted by Crippen LogP contribution is 2.20. The number of guanidine groups is 1. The lowest BCUT2D eigenvalue weighted by atomic mass is 10.2. The van der Waals surface area contributed by atoms with Gasteiger partial charge in [-0.2, -0.15) is 0 Å². The maximum absolute atomic E-state index is 14.5. The van der Waals surface area contributed by atoms with E-state index in [0.717, 1.165) is 38.2 Å². The standard InChI is InChI=1S/C21H34FN5O/c1-5-20(28)27-12-11-17(15-27)25-21(23-6-2)24-14-16-9-10-19(18(22)13-16)26(7-3)8-4/h9-10,13,17H,5-8,11-12,14-15H2,1-4H3,(H2,23,24,25). The smallest absolute Gasteiger partial charge is 0.222 e. The van der Waals surface area contributed by atoms with Gasteiger partial charge in [0.25, 0.3) is 0 Å². The SMILES string of the molecule is CCNC(=NCc1ccc(N(CC)CC)c(F)c1)NC1CCN(C(=O)CC)C1. The van der Waals surface area contributed by atoms with Crippen molar-refractivity contribution in [3.05, 3.63) is 29.6 Å². The minimum atomic E-state index is -0.209. The molecule has 156 valence electrons. The first kappa shape index (κ1) is 22.0. The van der Waals surface area contributed by atoms with Gasteiger partial charge in [0.1, 0.15) is 5.82 Å². The summed E-state index contributed by atoms with van der Waals surface area (Å²) in [6.45, 7) is 12.1. The van der Waals surface area contributed by atoms with Crippen molar-refractivity contribution in [3.8, 4) is 0 Å². The van der Waals surface area contributed by atoms with Crippen LogP contribution in [0, 0.1) is 5.82 Å². The Balaban J connectivity index is 2.01. The van der Waals surface area contributed by atoms with Gasteiger partial charge < -0.3 is 20.4 Å². The molecule has 2 N–H and O–H groups in total. The third-order valence-electron chi connectivity index (χ3n) is 5.06. The van der Waals surface area contributed by atoms with E-state index in [9.17, 15) is 9.18 Å². The number of rotatable bonds is 8. The molecule has 1 atom stereocenters. The summed E-state index contributed by atoms with van der Waals surface area (Å²) in [5.41, 5.74) is 1.47.